The van der Waals surface area contributed by atoms with Gasteiger partial charge in [-0.3, -0.25) is 24.9 Å². The van der Waals surface area contributed by atoms with Gasteiger partial charge in [-0.15, -0.1) is 0 Å². The van der Waals surface area contributed by atoms with Crippen LogP contribution in [0.1, 0.15) is 25.7 Å². The summed E-state index contributed by atoms with van der Waals surface area (Å²) in [6.07, 6.45) is 6.31. The minimum absolute atomic E-state index is 0.0276. The van der Waals surface area contributed by atoms with Crippen LogP contribution in [0.15, 0.2) is 30.5 Å². The van der Waals surface area contributed by atoms with E-state index in [1.807, 2.05) is 29.7 Å². The number of carbonyl (C=O) groups is 1. The highest BCUT2D eigenvalue weighted by molar-refractivity contribution is 5.78. The van der Waals surface area contributed by atoms with Crippen LogP contribution in [0, 0.1) is 0 Å². The Morgan fingerprint density at radius 2 is 1.86 bits per heavy atom. The summed E-state index contributed by atoms with van der Waals surface area (Å²) in [5.41, 5.74) is 2.00. The molecular formula is C24H33N5O6. The topological polar surface area (TPSA) is 119 Å². The Kier molecular flexibility index (Phi) is 7.55. The highest BCUT2D eigenvalue weighted by Crippen LogP contribution is 2.24. The molecule has 2 aromatic rings. The normalized spacial score (nSPS) is 20.5. The van der Waals surface area contributed by atoms with Gasteiger partial charge in [0.15, 0.2) is 5.82 Å². The zero-order valence-corrected chi connectivity index (χ0v) is 19.7. The Hall–Kier alpha value is -3.02. The summed E-state index contributed by atoms with van der Waals surface area (Å²) >= 11 is 0. The molecule has 1 unspecified atom stereocenters. The molecule has 1 aromatic carbocycles. The van der Waals surface area contributed by atoms with Gasteiger partial charge in [0.1, 0.15) is 30.8 Å². The Morgan fingerprint density at radius 3 is 2.60 bits per heavy atom. The summed E-state index contributed by atoms with van der Waals surface area (Å²) in [6, 6.07) is 8.01. The molecule has 0 radical (unpaired) electrons. The lowest BCUT2D eigenvalue weighted by Crippen LogP contribution is -2.49. The van der Waals surface area contributed by atoms with Crippen molar-refractivity contribution in [2.24, 2.45) is 0 Å². The van der Waals surface area contributed by atoms with Gasteiger partial charge in [-0.05, 0) is 49.9 Å². The third kappa shape index (κ3) is 6.77. The van der Waals surface area contributed by atoms with Gasteiger partial charge in [0.2, 0.25) is 5.91 Å². The van der Waals surface area contributed by atoms with Crippen molar-refractivity contribution >= 4 is 11.7 Å². The van der Waals surface area contributed by atoms with Crippen LogP contribution in [0.3, 0.4) is 0 Å². The second-order valence-electron chi connectivity index (χ2n) is 9.23. The summed E-state index contributed by atoms with van der Waals surface area (Å²) in [6.45, 7) is 4.04. The average molecular weight is 488 g/mol. The third-order valence-corrected chi connectivity index (χ3v) is 6.31. The zero-order chi connectivity index (χ0) is 24.0. The van der Waals surface area contributed by atoms with E-state index in [1.165, 1.54) is 12.8 Å². The Balaban J connectivity index is 0.983. The standard InChI is InChI=1S/C24H33N5O6/c30-23(25-17-13-29-14-22(27-31)26-24(29)34-16-17)15-28-9-7-21(8-10-28)35-20-5-3-19(4-6-20)33-12-11-32-18-1-2-18/h3-6,14,17-18,21,27,31H,1-2,7-13,15-16H2,(H,25,30). The number of likely N-dealkylation sites (tertiary alicyclic amines) is 1. The molecule has 0 spiro atoms. The minimum Gasteiger partial charge on any atom is -0.491 e. The predicted molar refractivity (Wildman–Crippen MR) is 126 cm³/mol. The van der Waals surface area contributed by atoms with E-state index >= 15 is 0 Å². The number of aromatic nitrogens is 2. The van der Waals surface area contributed by atoms with E-state index in [9.17, 15) is 4.79 Å². The quantitative estimate of drug-likeness (QED) is 0.321. The van der Waals surface area contributed by atoms with Crippen LogP contribution in [0.2, 0.25) is 0 Å². The van der Waals surface area contributed by atoms with Crippen molar-refractivity contribution in [3.63, 3.8) is 0 Å². The molecule has 35 heavy (non-hydrogen) atoms. The number of carbonyl (C=O) groups excluding carboxylic acids is 1. The predicted octanol–water partition coefficient (Wildman–Crippen LogP) is 1.66. The van der Waals surface area contributed by atoms with Crippen LogP contribution in [0.25, 0.3) is 0 Å². The highest BCUT2D eigenvalue weighted by atomic mass is 16.5. The van der Waals surface area contributed by atoms with E-state index in [0.29, 0.717) is 50.8 Å². The van der Waals surface area contributed by atoms with Crippen molar-refractivity contribution in [1.82, 2.24) is 19.8 Å². The smallest absolute Gasteiger partial charge is 0.298 e. The number of benzene rings is 1. The van der Waals surface area contributed by atoms with Gasteiger partial charge in [-0.2, -0.15) is 4.98 Å². The fraction of sp³-hybridized carbons (Fsp3) is 0.583. The summed E-state index contributed by atoms with van der Waals surface area (Å²) in [5.74, 6) is 1.94. The van der Waals surface area contributed by atoms with E-state index in [4.69, 9.17) is 24.2 Å². The number of anilines is 1. The number of nitrogens with zero attached hydrogens (tertiary/aromatic N) is 3. The van der Waals surface area contributed by atoms with Crippen molar-refractivity contribution in [2.45, 2.75) is 50.5 Å². The molecule has 1 amide bonds. The lowest BCUT2D eigenvalue weighted by atomic mass is 10.1. The number of ether oxygens (including phenoxy) is 4. The molecule has 11 nitrogen and oxygen atoms in total. The Morgan fingerprint density at radius 1 is 1.09 bits per heavy atom. The van der Waals surface area contributed by atoms with Crippen LogP contribution in [-0.4, -0.2) is 83.3 Å². The molecule has 1 saturated carbocycles. The lowest BCUT2D eigenvalue weighted by molar-refractivity contribution is -0.124. The van der Waals surface area contributed by atoms with Crippen LogP contribution < -0.4 is 25.0 Å². The largest absolute Gasteiger partial charge is 0.491 e. The maximum absolute atomic E-state index is 12.6. The van der Waals surface area contributed by atoms with Crippen LogP contribution >= 0.6 is 0 Å². The zero-order valence-electron chi connectivity index (χ0n) is 19.7. The maximum atomic E-state index is 12.6. The van der Waals surface area contributed by atoms with E-state index in [2.05, 4.69) is 15.2 Å². The second-order valence-corrected chi connectivity index (χ2v) is 9.23. The number of hydrogen-bond donors (Lipinski definition) is 3. The first-order valence-corrected chi connectivity index (χ1v) is 12.3. The molecular weight excluding hydrogens is 454 g/mol. The minimum atomic E-state index is -0.144. The monoisotopic (exact) mass is 487 g/mol. The van der Waals surface area contributed by atoms with Crippen molar-refractivity contribution in [3.05, 3.63) is 30.5 Å². The van der Waals surface area contributed by atoms with Crippen molar-refractivity contribution in [3.8, 4) is 17.5 Å². The average Bonchev–Trinajstić information content (AvgIpc) is 3.60. The second kappa shape index (κ2) is 11.1. The first-order valence-electron chi connectivity index (χ1n) is 12.3. The molecule has 1 saturated heterocycles. The number of fused-ring (bicyclic) bond motifs is 1. The van der Waals surface area contributed by atoms with E-state index in [-0.39, 0.29) is 18.1 Å². The summed E-state index contributed by atoms with van der Waals surface area (Å²) in [4.78, 5) is 18.8. The molecule has 3 aliphatic rings. The van der Waals surface area contributed by atoms with Gasteiger partial charge in [-0.1, -0.05) is 0 Å². The molecule has 5 rings (SSSR count). The molecule has 0 bridgehead atoms. The fourth-order valence-corrected chi connectivity index (χ4v) is 4.33. The first kappa shape index (κ1) is 23.7. The molecule has 2 fully saturated rings. The van der Waals surface area contributed by atoms with Gasteiger partial charge in [-0.25, -0.2) is 0 Å². The number of rotatable bonds is 11. The van der Waals surface area contributed by atoms with Gasteiger partial charge in [0.25, 0.3) is 6.01 Å². The van der Waals surface area contributed by atoms with Crippen molar-refractivity contribution < 1.29 is 28.9 Å². The number of piperidine rings is 1. The molecule has 3 heterocycles. The molecule has 3 N–H and O–H groups in total. The van der Waals surface area contributed by atoms with Gasteiger partial charge >= 0.3 is 0 Å². The Labute approximate surface area is 204 Å². The first-order chi connectivity index (χ1) is 17.1. The summed E-state index contributed by atoms with van der Waals surface area (Å²) in [7, 11) is 0. The molecule has 1 atom stereocenters. The van der Waals surface area contributed by atoms with Crippen molar-refractivity contribution in [1.29, 1.82) is 0 Å². The fourth-order valence-electron chi connectivity index (χ4n) is 4.33. The SMILES string of the molecule is O=C(CN1CCC(Oc2ccc(OCCOC3CC3)cc2)CC1)NC1COc2nc(NO)cn2C1. The molecule has 11 heteroatoms. The van der Waals surface area contributed by atoms with Crippen LogP contribution in [0.5, 0.6) is 17.5 Å². The molecule has 190 valence electrons. The van der Waals surface area contributed by atoms with Crippen LogP contribution in [-0.2, 0) is 16.1 Å². The number of amides is 1. The van der Waals surface area contributed by atoms with Gasteiger partial charge < -0.3 is 24.3 Å². The maximum Gasteiger partial charge on any atom is 0.298 e. The highest BCUT2D eigenvalue weighted by Gasteiger charge is 2.26. The molecule has 1 aromatic heterocycles. The third-order valence-electron chi connectivity index (χ3n) is 6.31. The van der Waals surface area contributed by atoms with E-state index in [0.717, 1.165) is 37.4 Å². The van der Waals surface area contributed by atoms with Gasteiger partial charge in [0.05, 0.1) is 38.0 Å². The number of hydrogen-bond acceptors (Lipinski definition) is 9. The van der Waals surface area contributed by atoms with E-state index in [1.54, 1.807) is 10.8 Å². The summed E-state index contributed by atoms with van der Waals surface area (Å²) in [5, 5.41) is 12.0. The Bertz CT molecular complexity index is 971. The van der Waals surface area contributed by atoms with Crippen LogP contribution in [0.4, 0.5) is 5.82 Å². The lowest BCUT2D eigenvalue weighted by Gasteiger charge is -2.32. The van der Waals surface area contributed by atoms with E-state index < -0.39 is 0 Å². The summed E-state index contributed by atoms with van der Waals surface area (Å²) < 4.78 is 24.8. The van der Waals surface area contributed by atoms with Crippen molar-refractivity contribution in [2.75, 3.05) is 44.9 Å². The number of imidazole rings is 1. The molecule has 2 aliphatic heterocycles. The molecule has 1 aliphatic carbocycles. The van der Waals surface area contributed by atoms with Gasteiger partial charge in [0, 0.05) is 13.1 Å². The number of nitrogens with one attached hydrogen (secondary N) is 2.